The van der Waals surface area contributed by atoms with E-state index in [-0.39, 0.29) is 6.04 Å². The standard InChI is InChI=1S/C35H32N6O/c1-5-42-28-19-16-25(17-20-28)32-31-24(4)39-41(27-11-7-6-8-12-27)34(31)38-35-33(36-26-18-15-22(2)23(3)21-26)37-29-13-9-10-14-30(29)40(32)35/h6-21,32H,5H2,1-4H3,(H,36,37)/t32-/m0/s1. The Bertz CT molecular complexity index is 1850. The molecule has 0 bridgehead atoms. The summed E-state index contributed by atoms with van der Waals surface area (Å²) in [6.45, 7) is 8.93. The molecule has 7 heteroatoms. The minimum Gasteiger partial charge on any atom is -0.494 e. The Balaban J connectivity index is 1.46. The number of rotatable bonds is 5. The molecule has 0 spiro atoms. The van der Waals surface area contributed by atoms with Crippen LogP contribution in [0.4, 0.5) is 22.9 Å². The van der Waals surface area contributed by atoms with Crippen molar-refractivity contribution in [3.63, 3.8) is 0 Å². The Morgan fingerprint density at radius 1 is 0.810 bits per heavy atom. The van der Waals surface area contributed by atoms with Crippen LogP contribution in [-0.2, 0) is 0 Å². The van der Waals surface area contributed by atoms with Gasteiger partial charge in [-0.1, -0.05) is 48.5 Å². The van der Waals surface area contributed by atoms with Gasteiger partial charge in [0.15, 0.2) is 17.5 Å². The highest BCUT2D eigenvalue weighted by Gasteiger charge is 2.41. The molecule has 5 aromatic rings. The van der Waals surface area contributed by atoms with Crippen molar-refractivity contribution in [2.45, 2.75) is 33.7 Å². The lowest BCUT2D eigenvalue weighted by molar-refractivity contribution is 0.340. The summed E-state index contributed by atoms with van der Waals surface area (Å²) >= 11 is 0. The van der Waals surface area contributed by atoms with Crippen LogP contribution in [0.15, 0.2) is 107 Å². The van der Waals surface area contributed by atoms with Gasteiger partial charge in [0.05, 0.1) is 35.4 Å². The van der Waals surface area contributed by atoms with Crippen molar-refractivity contribution in [1.29, 1.82) is 0 Å². The van der Waals surface area contributed by atoms with Crippen molar-refractivity contribution in [2.24, 2.45) is 9.98 Å². The summed E-state index contributed by atoms with van der Waals surface area (Å²) in [5.74, 6) is 3.09. The van der Waals surface area contributed by atoms with Crippen molar-refractivity contribution in [1.82, 2.24) is 9.78 Å². The van der Waals surface area contributed by atoms with Crippen LogP contribution >= 0.6 is 0 Å². The van der Waals surface area contributed by atoms with Crippen LogP contribution in [-0.4, -0.2) is 28.1 Å². The van der Waals surface area contributed by atoms with E-state index in [1.54, 1.807) is 0 Å². The van der Waals surface area contributed by atoms with Gasteiger partial charge < -0.3 is 15.0 Å². The summed E-state index contributed by atoms with van der Waals surface area (Å²) in [6.07, 6.45) is 0. The molecule has 1 aromatic heterocycles. The Hall–Kier alpha value is -5.17. The number of benzene rings is 4. The van der Waals surface area contributed by atoms with Crippen molar-refractivity contribution in [3.05, 3.63) is 125 Å². The van der Waals surface area contributed by atoms with Crippen molar-refractivity contribution < 1.29 is 4.74 Å². The van der Waals surface area contributed by atoms with Crippen molar-refractivity contribution in [3.8, 4) is 11.4 Å². The molecule has 0 radical (unpaired) electrons. The van der Waals surface area contributed by atoms with E-state index < -0.39 is 0 Å². The molecule has 42 heavy (non-hydrogen) atoms. The number of aryl methyl sites for hydroxylation is 3. The molecular formula is C35H32N6O. The molecule has 1 N–H and O–H groups in total. The number of nitrogens with one attached hydrogen (secondary N) is 1. The van der Waals surface area contributed by atoms with E-state index in [9.17, 15) is 0 Å². The fourth-order valence-electron chi connectivity index (χ4n) is 5.73. The molecule has 2 aliphatic rings. The number of para-hydroxylation sites is 3. The molecule has 0 saturated heterocycles. The molecule has 1 atom stereocenters. The first-order chi connectivity index (χ1) is 20.5. The van der Waals surface area contributed by atoms with Crippen LogP contribution in [0.1, 0.15) is 40.9 Å². The van der Waals surface area contributed by atoms with Crippen LogP contribution in [0.25, 0.3) is 5.69 Å². The Kier molecular flexibility index (Phi) is 6.35. The number of amidine groups is 2. The summed E-state index contributed by atoms with van der Waals surface area (Å²) in [7, 11) is 0. The first-order valence-electron chi connectivity index (χ1n) is 14.3. The van der Waals surface area contributed by atoms with Crippen LogP contribution in [0.5, 0.6) is 5.75 Å². The van der Waals surface area contributed by atoms with Gasteiger partial charge in [-0.2, -0.15) is 5.10 Å². The molecule has 0 amide bonds. The summed E-state index contributed by atoms with van der Waals surface area (Å²) in [5.41, 5.74) is 9.38. The van der Waals surface area contributed by atoms with Gasteiger partial charge in [0.2, 0.25) is 0 Å². The van der Waals surface area contributed by atoms with E-state index >= 15 is 0 Å². The van der Waals surface area contributed by atoms with Gasteiger partial charge in [0, 0.05) is 11.3 Å². The van der Waals surface area contributed by atoms with Gasteiger partial charge >= 0.3 is 0 Å². The number of anilines is 2. The topological polar surface area (TPSA) is 67.0 Å². The summed E-state index contributed by atoms with van der Waals surface area (Å²) in [5, 5.41) is 8.64. The third kappa shape index (κ3) is 4.34. The SMILES string of the molecule is CCOc1ccc([C@H]2c3c(C)nn(-c4ccccc4)c3N=C3C(Nc4ccc(C)c(C)c4)=Nc4ccccc4N32)cc1. The summed E-state index contributed by atoms with van der Waals surface area (Å²) in [4.78, 5) is 12.7. The molecular weight excluding hydrogens is 520 g/mol. The lowest BCUT2D eigenvalue weighted by Gasteiger charge is -2.40. The molecule has 0 aliphatic carbocycles. The van der Waals surface area contributed by atoms with Gasteiger partial charge in [-0.3, -0.25) is 0 Å². The zero-order valence-corrected chi connectivity index (χ0v) is 24.2. The lowest BCUT2D eigenvalue weighted by atomic mass is 9.93. The molecule has 3 heterocycles. The fourth-order valence-corrected chi connectivity index (χ4v) is 5.73. The Morgan fingerprint density at radius 2 is 1.57 bits per heavy atom. The molecule has 0 fully saturated rings. The maximum absolute atomic E-state index is 5.78. The molecule has 2 aliphatic heterocycles. The van der Waals surface area contributed by atoms with Crippen LogP contribution < -0.4 is 15.0 Å². The van der Waals surface area contributed by atoms with Gasteiger partial charge in [-0.05, 0) is 92.9 Å². The largest absolute Gasteiger partial charge is 0.494 e. The number of fused-ring (bicyclic) bond motifs is 4. The Labute approximate surface area is 245 Å². The van der Waals surface area contributed by atoms with Gasteiger partial charge in [0.25, 0.3) is 0 Å². The van der Waals surface area contributed by atoms with Crippen molar-refractivity contribution in [2.75, 3.05) is 16.8 Å². The molecule has 7 nitrogen and oxygen atoms in total. The average molecular weight is 553 g/mol. The zero-order valence-electron chi connectivity index (χ0n) is 24.2. The second kappa shape index (κ2) is 10.3. The fraction of sp³-hybridized carbons (Fsp3) is 0.171. The van der Waals surface area contributed by atoms with E-state index in [1.165, 1.54) is 11.1 Å². The second-order valence-corrected chi connectivity index (χ2v) is 10.7. The molecule has 0 saturated carbocycles. The second-order valence-electron chi connectivity index (χ2n) is 10.7. The first kappa shape index (κ1) is 25.8. The highest BCUT2D eigenvalue weighted by atomic mass is 16.5. The molecule has 0 unspecified atom stereocenters. The number of hydrogen-bond donors (Lipinski definition) is 1. The normalized spacial score (nSPS) is 15.2. The van der Waals surface area contributed by atoms with E-state index in [2.05, 4.69) is 91.7 Å². The van der Waals surface area contributed by atoms with E-state index in [0.717, 1.165) is 57.0 Å². The zero-order chi connectivity index (χ0) is 28.8. The summed E-state index contributed by atoms with van der Waals surface area (Å²) in [6, 6.07) is 33.0. The maximum Gasteiger partial charge on any atom is 0.179 e. The van der Waals surface area contributed by atoms with Crippen LogP contribution in [0.2, 0.25) is 0 Å². The predicted octanol–water partition coefficient (Wildman–Crippen LogP) is 7.99. The maximum atomic E-state index is 5.78. The van der Waals surface area contributed by atoms with Gasteiger partial charge in [0.1, 0.15) is 5.75 Å². The van der Waals surface area contributed by atoms with Gasteiger partial charge in [-0.25, -0.2) is 14.7 Å². The number of nitrogens with zero attached hydrogens (tertiary/aromatic N) is 5. The first-order valence-corrected chi connectivity index (χ1v) is 14.3. The number of ether oxygens (including phenoxy) is 1. The van der Waals surface area contributed by atoms with Crippen LogP contribution in [0, 0.1) is 20.8 Å². The smallest absolute Gasteiger partial charge is 0.179 e. The predicted molar refractivity (Wildman–Crippen MR) is 170 cm³/mol. The molecule has 208 valence electrons. The average Bonchev–Trinajstić information content (AvgIpc) is 3.35. The number of aromatic nitrogens is 2. The summed E-state index contributed by atoms with van der Waals surface area (Å²) < 4.78 is 7.73. The minimum absolute atomic E-state index is 0.186. The monoisotopic (exact) mass is 552 g/mol. The van der Waals surface area contributed by atoms with Gasteiger partial charge in [-0.15, -0.1) is 0 Å². The number of aliphatic imine (C=N–C) groups is 2. The van der Waals surface area contributed by atoms with Crippen LogP contribution in [0.3, 0.4) is 0 Å². The third-order valence-corrected chi connectivity index (χ3v) is 7.92. The highest BCUT2D eigenvalue weighted by molar-refractivity contribution is 6.51. The van der Waals surface area contributed by atoms with E-state index in [0.29, 0.717) is 12.4 Å². The molecule has 4 aromatic carbocycles. The van der Waals surface area contributed by atoms with E-state index in [4.69, 9.17) is 19.8 Å². The number of hydrogen-bond acceptors (Lipinski definition) is 6. The highest BCUT2D eigenvalue weighted by Crippen LogP contribution is 2.48. The molecule has 7 rings (SSSR count). The third-order valence-electron chi connectivity index (χ3n) is 7.92. The lowest BCUT2D eigenvalue weighted by Crippen LogP contribution is -2.46. The van der Waals surface area contributed by atoms with Crippen molar-refractivity contribution >= 4 is 34.6 Å². The quantitative estimate of drug-likeness (QED) is 0.240. The Morgan fingerprint density at radius 3 is 2.33 bits per heavy atom. The van der Waals surface area contributed by atoms with E-state index in [1.807, 2.05) is 48.0 Å². The minimum atomic E-state index is -0.186.